The van der Waals surface area contributed by atoms with Gasteiger partial charge in [-0.2, -0.15) is 0 Å². The van der Waals surface area contributed by atoms with Crippen LogP contribution in [0.25, 0.3) is 0 Å². The van der Waals surface area contributed by atoms with Crippen LogP contribution in [-0.2, 0) is 16.0 Å². The predicted molar refractivity (Wildman–Crippen MR) is 84.5 cm³/mol. The molecular weight excluding hydrogens is 266 g/mol. The van der Waals surface area contributed by atoms with E-state index < -0.39 is 0 Å². The first-order valence-corrected chi connectivity index (χ1v) is 7.56. The molecule has 0 bridgehead atoms. The molecule has 0 aliphatic carbocycles. The average molecular weight is 289 g/mol. The van der Waals surface area contributed by atoms with Crippen LogP contribution in [0.3, 0.4) is 0 Å². The molecule has 2 aliphatic rings. The first-order valence-electron chi connectivity index (χ1n) is 7.56. The zero-order valence-electron chi connectivity index (χ0n) is 12.7. The number of nitrogens with two attached hydrogens (primary N) is 1. The van der Waals surface area contributed by atoms with E-state index in [4.69, 9.17) is 10.5 Å². The van der Waals surface area contributed by atoms with Gasteiger partial charge in [0, 0.05) is 24.8 Å². The normalized spacial score (nSPS) is 24.1. The van der Waals surface area contributed by atoms with Crippen molar-refractivity contribution in [2.24, 2.45) is 0 Å². The minimum atomic E-state index is -0.0904. The molecule has 2 aliphatic heterocycles. The van der Waals surface area contributed by atoms with E-state index in [1.807, 2.05) is 6.07 Å². The van der Waals surface area contributed by atoms with E-state index >= 15 is 0 Å². The Hall–Kier alpha value is -1.75. The van der Waals surface area contributed by atoms with Crippen molar-refractivity contribution in [1.29, 1.82) is 0 Å². The summed E-state index contributed by atoms with van der Waals surface area (Å²) in [4.78, 5) is 11.4. The van der Waals surface area contributed by atoms with E-state index in [2.05, 4.69) is 30.5 Å². The lowest BCUT2D eigenvalue weighted by Crippen LogP contribution is -2.40. The Labute approximate surface area is 125 Å². The number of hydrogen-bond acceptors (Lipinski definition) is 4. The highest BCUT2D eigenvalue weighted by molar-refractivity contribution is 5.95. The fourth-order valence-electron chi connectivity index (χ4n) is 3.15. The molecule has 4 N–H and O–H groups in total. The molecule has 1 saturated heterocycles. The SMILES string of the molecule is CC1(C)CC(Nc2cc3c(cc2N)NC(=O)CC3)CCO1. The van der Waals surface area contributed by atoms with Crippen LogP contribution in [0.4, 0.5) is 17.1 Å². The maximum atomic E-state index is 11.4. The van der Waals surface area contributed by atoms with Gasteiger partial charge in [-0.1, -0.05) is 0 Å². The van der Waals surface area contributed by atoms with Crippen LogP contribution >= 0.6 is 0 Å². The van der Waals surface area contributed by atoms with E-state index in [9.17, 15) is 4.79 Å². The van der Waals surface area contributed by atoms with Gasteiger partial charge in [-0.15, -0.1) is 0 Å². The Kier molecular flexibility index (Phi) is 3.53. The zero-order valence-corrected chi connectivity index (χ0v) is 12.7. The summed E-state index contributed by atoms with van der Waals surface area (Å²) in [7, 11) is 0. The van der Waals surface area contributed by atoms with Gasteiger partial charge in [0.1, 0.15) is 0 Å². The molecule has 1 aromatic rings. The number of rotatable bonds is 2. The van der Waals surface area contributed by atoms with Gasteiger partial charge in [0.15, 0.2) is 0 Å². The molecule has 21 heavy (non-hydrogen) atoms. The number of carbonyl (C=O) groups is 1. The van der Waals surface area contributed by atoms with Crippen LogP contribution in [0.1, 0.15) is 38.7 Å². The summed E-state index contributed by atoms with van der Waals surface area (Å²) in [5, 5.41) is 6.43. The smallest absolute Gasteiger partial charge is 0.224 e. The third-order valence-electron chi connectivity index (χ3n) is 4.23. The van der Waals surface area contributed by atoms with Crippen molar-refractivity contribution in [3.8, 4) is 0 Å². The van der Waals surface area contributed by atoms with Gasteiger partial charge in [0.05, 0.1) is 17.0 Å². The molecule has 1 fully saturated rings. The average Bonchev–Trinajstić information content (AvgIpc) is 2.39. The molecule has 1 aromatic carbocycles. The lowest BCUT2D eigenvalue weighted by molar-refractivity contribution is -0.116. The minimum absolute atomic E-state index is 0.0637. The van der Waals surface area contributed by atoms with Crippen LogP contribution in [0.15, 0.2) is 12.1 Å². The van der Waals surface area contributed by atoms with Crippen LogP contribution in [0.2, 0.25) is 0 Å². The van der Waals surface area contributed by atoms with E-state index in [1.165, 1.54) is 0 Å². The fraction of sp³-hybridized carbons (Fsp3) is 0.562. The highest BCUT2D eigenvalue weighted by atomic mass is 16.5. The molecule has 114 valence electrons. The van der Waals surface area contributed by atoms with Crippen molar-refractivity contribution < 1.29 is 9.53 Å². The Morgan fingerprint density at radius 2 is 2.19 bits per heavy atom. The third-order valence-corrected chi connectivity index (χ3v) is 4.23. The maximum Gasteiger partial charge on any atom is 0.224 e. The molecule has 1 amide bonds. The molecule has 0 radical (unpaired) electrons. The molecule has 3 rings (SSSR count). The van der Waals surface area contributed by atoms with Gasteiger partial charge < -0.3 is 21.1 Å². The highest BCUT2D eigenvalue weighted by Crippen LogP contribution is 2.33. The van der Waals surface area contributed by atoms with Crippen LogP contribution in [0, 0.1) is 0 Å². The lowest BCUT2D eigenvalue weighted by Gasteiger charge is -2.36. The summed E-state index contributed by atoms with van der Waals surface area (Å²) < 4.78 is 5.75. The summed E-state index contributed by atoms with van der Waals surface area (Å²) in [6.07, 6.45) is 3.26. The van der Waals surface area contributed by atoms with E-state index in [0.717, 1.165) is 42.8 Å². The number of fused-ring (bicyclic) bond motifs is 1. The summed E-state index contributed by atoms with van der Waals surface area (Å²) in [6.45, 7) is 5.00. The number of amides is 1. The van der Waals surface area contributed by atoms with Crippen molar-refractivity contribution >= 4 is 23.0 Å². The Morgan fingerprint density at radius 3 is 2.95 bits per heavy atom. The van der Waals surface area contributed by atoms with E-state index in [0.29, 0.717) is 18.2 Å². The number of nitrogens with one attached hydrogen (secondary N) is 2. The van der Waals surface area contributed by atoms with E-state index in [-0.39, 0.29) is 11.5 Å². The molecule has 2 heterocycles. The van der Waals surface area contributed by atoms with Gasteiger partial charge >= 0.3 is 0 Å². The van der Waals surface area contributed by atoms with Gasteiger partial charge in [0.25, 0.3) is 0 Å². The van der Waals surface area contributed by atoms with Gasteiger partial charge in [0.2, 0.25) is 5.91 Å². The Balaban J connectivity index is 1.78. The standard InChI is InChI=1S/C16H23N3O2/c1-16(2)9-11(5-6-21-16)18-14-7-10-3-4-15(20)19-13(10)8-12(14)17/h7-8,11,18H,3-6,9,17H2,1-2H3,(H,19,20). The highest BCUT2D eigenvalue weighted by Gasteiger charge is 2.29. The van der Waals surface area contributed by atoms with Crippen LogP contribution in [-0.4, -0.2) is 24.2 Å². The van der Waals surface area contributed by atoms with E-state index in [1.54, 1.807) is 0 Å². The molecule has 1 unspecified atom stereocenters. The quantitative estimate of drug-likeness (QED) is 0.731. The summed E-state index contributed by atoms with van der Waals surface area (Å²) in [5.41, 5.74) is 9.68. The van der Waals surface area contributed by atoms with Crippen molar-refractivity contribution in [2.45, 2.75) is 51.2 Å². The number of benzene rings is 1. The van der Waals surface area contributed by atoms with Gasteiger partial charge in [-0.3, -0.25) is 4.79 Å². The second kappa shape index (κ2) is 5.22. The number of nitrogen functional groups attached to an aromatic ring is 1. The van der Waals surface area contributed by atoms with Crippen LogP contribution < -0.4 is 16.4 Å². The number of aryl methyl sites for hydroxylation is 1. The maximum absolute atomic E-state index is 11.4. The topological polar surface area (TPSA) is 76.4 Å². The third kappa shape index (κ3) is 3.13. The lowest BCUT2D eigenvalue weighted by atomic mass is 9.93. The molecule has 5 heteroatoms. The van der Waals surface area contributed by atoms with Crippen molar-refractivity contribution in [2.75, 3.05) is 23.0 Å². The monoisotopic (exact) mass is 289 g/mol. The fourth-order valence-corrected chi connectivity index (χ4v) is 3.15. The molecule has 0 saturated carbocycles. The molecule has 0 aromatic heterocycles. The van der Waals surface area contributed by atoms with Crippen LogP contribution in [0.5, 0.6) is 0 Å². The van der Waals surface area contributed by atoms with Crippen molar-refractivity contribution in [1.82, 2.24) is 0 Å². The number of anilines is 3. The minimum Gasteiger partial charge on any atom is -0.397 e. The largest absolute Gasteiger partial charge is 0.397 e. The number of hydrogen-bond donors (Lipinski definition) is 3. The summed E-state index contributed by atoms with van der Waals surface area (Å²) >= 11 is 0. The first kappa shape index (κ1) is 14.2. The summed E-state index contributed by atoms with van der Waals surface area (Å²) in [5.74, 6) is 0.0637. The van der Waals surface area contributed by atoms with Crippen molar-refractivity contribution in [3.05, 3.63) is 17.7 Å². The Morgan fingerprint density at radius 1 is 1.38 bits per heavy atom. The zero-order chi connectivity index (χ0) is 15.0. The van der Waals surface area contributed by atoms with Crippen molar-refractivity contribution in [3.63, 3.8) is 0 Å². The molecule has 0 spiro atoms. The van der Waals surface area contributed by atoms with Gasteiger partial charge in [-0.05, 0) is 50.8 Å². The number of carbonyl (C=O) groups excluding carboxylic acids is 1. The number of ether oxygens (including phenoxy) is 1. The Bertz CT molecular complexity index is 569. The summed E-state index contributed by atoms with van der Waals surface area (Å²) in [6, 6.07) is 4.30. The second-order valence-corrected chi connectivity index (χ2v) is 6.59. The predicted octanol–water partition coefficient (Wildman–Crippen LogP) is 2.52. The first-order chi connectivity index (χ1) is 9.93. The molecule has 1 atom stereocenters. The molecule has 5 nitrogen and oxygen atoms in total. The van der Waals surface area contributed by atoms with Gasteiger partial charge in [-0.25, -0.2) is 0 Å². The second-order valence-electron chi connectivity index (χ2n) is 6.59. The molecular formula is C16H23N3O2.